The van der Waals surface area contributed by atoms with E-state index in [1.807, 2.05) is 37.3 Å². The highest BCUT2D eigenvalue weighted by atomic mass is 16.5. The number of methoxy groups -OCH3 is 2. The van der Waals surface area contributed by atoms with Crippen LogP contribution in [0.25, 0.3) is 0 Å². The van der Waals surface area contributed by atoms with Gasteiger partial charge in [-0.2, -0.15) is 0 Å². The van der Waals surface area contributed by atoms with Gasteiger partial charge in [-0.3, -0.25) is 9.59 Å². The van der Waals surface area contributed by atoms with Crippen LogP contribution in [0.4, 0.5) is 0 Å². The molecule has 0 radical (unpaired) electrons. The Kier molecular flexibility index (Phi) is 13.5. The number of hydrogen-bond acceptors (Lipinski definition) is 7. The van der Waals surface area contributed by atoms with E-state index in [1.165, 1.54) is 7.11 Å². The Labute approximate surface area is 215 Å². The highest BCUT2D eigenvalue weighted by molar-refractivity contribution is 5.70. The molecule has 0 spiro atoms. The van der Waals surface area contributed by atoms with Crippen molar-refractivity contribution in [3.63, 3.8) is 0 Å². The zero-order chi connectivity index (χ0) is 26.3. The first kappa shape index (κ1) is 29.7. The van der Waals surface area contributed by atoms with Gasteiger partial charge >= 0.3 is 11.9 Å². The summed E-state index contributed by atoms with van der Waals surface area (Å²) in [6, 6.07) is 7.92. The summed E-state index contributed by atoms with van der Waals surface area (Å²) in [5.41, 5.74) is 2.98. The van der Waals surface area contributed by atoms with E-state index in [0.29, 0.717) is 44.5 Å². The molecule has 0 heterocycles. The van der Waals surface area contributed by atoms with Crippen molar-refractivity contribution in [1.82, 2.24) is 0 Å². The predicted octanol–water partition coefficient (Wildman–Crippen LogP) is 4.78. The molecule has 0 aliphatic heterocycles. The highest BCUT2D eigenvalue weighted by Gasteiger charge is 2.33. The molecule has 0 aromatic heterocycles. The van der Waals surface area contributed by atoms with E-state index >= 15 is 0 Å². The number of unbranched alkanes of at least 4 members (excludes halogenated alkanes) is 3. The fraction of sp³-hybridized carbons (Fsp3) is 0.586. The van der Waals surface area contributed by atoms with Crippen LogP contribution in [-0.2, 0) is 36.8 Å². The van der Waals surface area contributed by atoms with E-state index in [-0.39, 0.29) is 24.3 Å². The number of rotatable bonds is 16. The molecule has 0 saturated carbocycles. The van der Waals surface area contributed by atoms with E-state index in [0.717, 1.165) is 42.4 Å². The highest BCUT2D eigenvalue weighted by Crippen LogP contribution is 2.37. The molecule has 0 bridgehead atoms. The summed E-state index contributed by atoms with van der Waals surface area (Å²) < 4.78 is 15.5. The number of esters is 2. The molecule has 7 heteroatoms. The first-order valence-electron chi connectivity index (χ1n) is 13.0. The average molecular weight is 503 g/mol. The molecule has 1 aromatic rings. The molecule has 0 fully saturated rings. The number of hydrogen-bond donors (Lipinski definition) is 2. The van der Waals surface area contributed by atoms with Crippen molar-refractivity contribution in [2.45, 2.75) is 89.9 Å². The molecule has 200 valence electrons. The minimum atomic E-state index is -0.707. The third-order valence-corrected chi connectivity index (χ3v) is 6.35. The molecule has 0 saturated heterocycles. The minimum absolute atomic E-state index is 0.198. The fourth-order valence-electron chi connectivity index (χ4n) is 4.53. The predicted molar refractivity (Wildman–Crippen MR) is 138 cm³/mol. The number of ether oxygens (including phenoxy) is 3. The monoisotopic (exact) mass is 502 g/mol. The molecular formula is C29H42O7. The van der Waals surface area contributed by atoms with Gasteiger partial charge in [-0.15, -0.1) is 0 Å². The Morgan fingerprint density at radius 3 is 2.56 bits per heavy atom. The number of aliphatic hydroxyl groups excluding tert-OH is 2. The Bertz CT molecular complexity index is 889. The number of carbonyl (C=O) groups is 2. The standard InChI is InChI=1S/C29H42O7/c1-4-10-29(33)36-27-19-26(31)24(25(27)13-7-5-6-8-14-28(32)35-3)16-15-23(30)18-21-11-9-12-22(17-21)20-34-2/h9,11-12,15-17,23-24,26,30-31H,4-8,10,13-14,18-20H2,1-3H3/b16-15+/t23-,24+,26+/m0/s1. The van der Waals surface area contributed by atoms with Crippen LogP contribution in [0.3, 0.4) is 0 Å². The summed E-state index contributed by atoms with van der Waals surface area (Å²) in [6.07, 6.45) is 8.50. The molecule has 1 aromatic carbocycles. The number of aliphatic hydroxyl groups is 2. The van der Waals surface area contributed by atoms with Crippen LogP contribution >= 0.6 is 0 Å². The molecule has 1 aliphatic carbocycles. The molecule has 0 unspecified atom stereocenters. The summed E-state index contributed by atoms with van der Waals surface area (Å²) in [4.78, 5) is 23.4. The van der Waals surface area contributed by atoms with Crippen LogP contribution in [0.1, 0.15) is 75.8 Å². The second-order valence-corrected chi connectivity index (χ2v) is 9.37. The minimum Gasteiger partial charge on any atom is -0.469 e. The Hall–Kier alpha value is -2.48. The van der Waals surface area contributed by atoms with Crippen molar-refractivity contribution in [2.75, 3.05) is 14.2 Å². The van der Waals surface area contributed by atoms with E-state index in [9.17, 15) is 19.8 Å². The molecular weight excluding hydrogens is 460 g/mol. The first-order chi connectivity index (χ1) is 17.4. The fourth-order valence-corrected chi connectivity index (χ4v) is 4.53. The van der Waals surface area contributed by atoms with Crippen LogP contribution in [0.2, 0.25) is 0 Å². The summed E-state index contributed by atoms with van der Waals surface area (Å²) in [7, 11) is 3.04. The van der Waals surface area contributed by atoms with Crippen LogP contribution < -0.4 is 0 Å². The molecule has 3 atom stereocenters. The molecule has 1 aliphatic rings. The average Bonchev–Trinajstić information content (AvgIpc) is 3.13. The summed E-state index contributed by atoms with van der Waals surface area (Å²) >= 11 is 0. The largest absolute Gasteiger partial charge is 0.469 e. The molecule has 36 heavy (non-hydrogen) atoms. The van der Waals surface area contributed by atoms with E-state index in [1.54, 1.807) is 13.2 Å². The van der Waals surface area contributed by atoms with Gasteiger partial charge in [0.2, 0.25) is 0 Å². The molecule has 0 amide bonds. The van der Waals surface area contributed by atoms with Gasteiger partial charge in [-0.25, -0.2) is 0 Å². The maximum Gasteiger partial charge on any atom is 0.310 e. The smallest absolute Gasteiger partial charge is 0.310 e. The Balaban J connectivity index is 2.03. The van der Waals surface area contributed by atoms with Crippen molar-refractivity contribution in [3.8, 4) is 0 Å². The van der Waals surface area contributed by atoms with Crippen molar-refractivity contribution in [3.05, 3.63) is 58.9 Å². The third-order valence-electron chi connectivity index (χ3n) is 6.35. The van der Waals surface area contributed by atoms with Crippen molar-refractivity contribution < 1.29 is 34.0 Å². The Morgan fingerprint density at radius 2 is 1.83 bits per heavy atom. The molecule has 2 rings (SSSR count). The van der Waals surface area contributed by atoms with Crippen molar-refractivity contribution in [1.29, 1.82) is 0 Å². The van der Waals surface area contributed by atoms with Crippen LogP contribution in [0.15, 0.2) is 47.7 Å². The van der Waals surface area contributed by atoms with Gasteiger partial charge in [-0.1, -0.05) is 56.2 Å². The van der Waals surface area contributed by atoms with Crippen LogP contribution in [0.5, 0.6) is 0 Å². The van der Waals surface area contributed by atoms with Gasteiger partial charge in [0.1, 0.15) is 5.76 Å². The Morgan fingerprint density at radius 1 is 1.08 bits per heavy atom. The van der Waals surface area contributed by atoms with Gasteiger partial charge in [-0.05, 0) is 42.4 Å². The topological polar surface area (TPSA) is 102 Å². The van der Waals surface area contributed by atoms with E-state index in [2.05, 4.69) is 4.74 Å². The maximum absolute atomic E-state index is 12.2. The van der Waals surface area contributed by atoms with Gasteiger partial charge < -0.3 is 24.4 Å². The van der Waals surface area contributed by atoms with Gasteiger partial charge in [0.05, 0.1) is 25.9 Å². The van der Waals surface area contributed by atoms with Gasteiger partial charge in [0, 0.05) is 38.7 Å². The zero-order valence-corrected chi connectivity index (χ0v) is 21.9. The normalized spacial score (nSPS) is 18.6. The second-order valence-electron chi connectivity index (χ2n) is 9.37. The third kappa shape index (κ3) is 10.2. The lowest BCUT2D eigenvalue weighted by atomic mass is 9.93. The number of carbonyl (C=O) groups excluding carboxylic acids is 2. The lowest BCUT2D eigenvalue weighted by Gasteiger charge is -2.16. The lowest BCUT2D eigenvalue weighted by Crippen LogP contribution is -2.16. The van der Waals surface area contributed by atoms with E-state index in [4.69, 9.17) is 9.47 Å². The summed E-state index contributed by atoms with van der Waals surface area (Å²) in [5, 5.41) is 21.4. The van der Waals surface area contributed by atoms with Crippen molar-refractivity contribution >= 4 is 11.9 Å². The SMILES string of the molecule is CCCC(=O)OC1=C(CCCCCCC(=O)OC)[C@@H](/C=C/[C@H](O)Cc2cccc(COC)c2)[C@H](O)C1. The zero-order valence-electron chi connectivity index (χ0n) is 21.9. The van der Waals surface area contributed by atoms with Crippen LogP contribution in [-0.4, -0.2) is 48.6 Å². The summed E-state index contributed by atoms with van der Waals surface area (Å²) in [5.74, 6) is -0.224. The second kappa shape index (κ2) is 16.3. The molecule has 2 N–H and O–H groups in total. The maximum atomic E-state index is 12.2. The van der Waals surface area contributed by atoms with E-state index < -0.39 is 12.2 Å². The quantitative estimate of drug-likeness (QED) is 0.190. The van der Waals surface area contributed by atoms with Crippen molar-refractivity contribution in [2.24, 2.45) is 5.92 Å². The first-order valence-corrected chi connectivity index (χ1v) is 13.0. The van der Waals surface area contributed by atoms with Crippen LogP contribution in [0, 0.1) is 5.92 Å². The summed E-state index contributed by atoms with van der Waals surface area (Å²) in [6.45, 7) is 2.44. The lowest BCUT2D eigenvalue weighted by molar-refractivity contribution is -0.141. The molecule has 7 nitrogen and oxygen atoms in total. The van der Waals surface area contributed by atoms with Gasteiger partial charge in [0.15, 0.2) is 0 Å². The van der Waals surface area contributed by atoms with Gasteiger partial charge in [0.25, 0.3) is 0 Å². The number of benzene rings is 1.